The van der Waals surface area contributed by atoms with E-state index in [1.807, 2.05) is 67.8 Å². The predicted molar refractivity (Wildman–Crippen MR) is 179 cm³/mol. The van der Waals surface area contributed by atoms with Gasteiger partial charge in [-0.15, -0.1) is 26.6 Å². The molecule has 248 valence electrons. The molecule has 2 fully saturated rings. The highest BCUT2D eigenvalue weighted by Gasteiger charge is 2.60. The van der Waals surface area contributed by atoms with Gasteiger partial charge >= 0.3 is 0 Å². The normalized spacial score (nSPS) is 25.7. The summed E-state index contributed by atoms with van der Waals surface area (Å²) >= 11 is 1.45. The Kier molecular flexibility index (Phi) is 7.34. The lowest BCUT2D eigenvalue weighted by Crippen LogP contribution is -2.60. The molecule has 0 bridgehead atoms. The van der Waals surface area contributed by atoms with Crippen LogP contribution in [0.3, 0.4) is 0 Å². The Morgan fingerprint density at radius 1 is 0.896 bits per heavy atom. The number of aliphatic imine (C=N–C) groups is 2. The number of nitrogens with two attached hydrogens (primary N) is 1. The Labute approximate surface area is 281 Å². The van der Waals surface area contributed by atoms with Gasteiger partial charge < -0.3 is 25.1 Å². The van der Waals surface area contributed by atoms with E-state index < -0.39 is 16.7 Å². The molecular formula is C34H38N9O4S+. The van der Waals surface area contributed by atoms with Gasteiger partial charge in [0.1, 0.15) is 27.7 Å². The maximum Gasteiger partial charge on any atom is 0.285 e. The number of rotatable bonds is 8. The largest absolute Gasteiger partial charge is 0.463 e. The number of aliphatic hydroxyl groups is 2. The van der Waals surface area contributed by atoms with Crippen molar-refractivity contribution in [3.05, 3.63) is 98.9 Å². The number of nitrogens with zero attached hydrogens (tertiary/aromatic N) is 7. The Bertz CT molecular complexity index is 1930. The molecule has 4 aromatic rings. The van der Waals surface area contributed by atoms with E-state index in [0.29, 0.717) is 84.1 Å². The van der Waals surface area contributed by atoms with Gasteiger partial charge in [0.15, 0.2) is 18.8 Å². The number of ether oxygens (including phenoxy) is 1. The van der Waals surface area contributed by atoms with Crippen LogP contribution in [-0.2, 0) is 34.6 Å². The summed E-state index contributed by atoms with van der Waals surface area (Å²) in [6.45, 7) is 5.31. The average Bonchev–Trinajstić information content (AvgIpc) is 3.80. The summed E-state index contributed by atoms with van der Waals surface area (Å²) < 4.78 is 11.7. The Morgan fingerprint density at radius 2 is 1.56 bits per heavy atom. The van der Waals surface area contributed by atoms with Gasteiger partial charge in [-0.1, -0.05) is 12.1 Å². The molecule has 13 nitrogen and oxygen atoms in total. The van der Waals surface area contributed by atoms with Gasteiger partial charge in [-0.3, -0.25) is 0 Å². The topological polar surface area (TPSA) is 177 Å². The highest BCUT2D eigenvalue weighted by atomic mass is 32.1. The van der Waals surface area contributed by atoms with Crippen molar-refractivity contribution in [1.82, 2.24) is 20.5 Å². The van der Waals surface area contributed by atoms with Crippen molar-refractivity contribution in [1.29, 1.82) is 0 Å². The zero-order valence-electron chi connectivity index (χ0n) is 26.9. The smallest absolute Gasteiger partial charge is 0.285 e. The molecule has 0 amide bonds. The lowest BCUT2D eigenvalue weighted by atomic mass is 9.77. The van der Waals surface area contributed by atoms with Crippen molar-refractivity contribution in [3.63, 3.8) is 0 Å². The first-order valence-corrected chi connectivity index (χ1v) is 17.1. The summed E-state index contributed by atoms with van der Waals surface area (Å²) in [7, 11) is 0. The number of hydrogen-bond donors (Lipinski definition) is 4. The summed E-state index contributed by atoms with van der Waals surface area (Å²) in [5, 5.41) is 30.3. The molecule has 0 spiro atoms. The minimum Gasteiger partial charge on any atom is -0.463 e. The number of fused-ring (bicyclic) bond motifs is 1. The summed E-state index contributed by atoms with van der Waals surface area (Å²) in [4.78, 5) is 24.6. The van der Waals surface area contributed by atoms with Crippen molar-refractivity contribution in [2.24, 2.45) is 20.8 Å². The number of furan rings is 1. The number of hydrazone groups is 1. The minimum atomic E-state index is -1.29. The molecule has 1 saturated carbocycles. The first-order valence-electron chi connectivity index (χ1n) is 16.2. The molecule has 4 aliphatic rings. The third-order valence-electron chi connectivity index (χ3n) is 9.77. The molecule has 14 heteroatoms. The van der Waals surface area contributed by atoms with Crippen molar-refractivity contribution in [2.45, 2.75) is 75.8 Å². The number of aryl methyl sites for hydroxylation is 2. The van der Waals surface area contributed by atoms with Gasteiger partial charge in [-0.2, -0.15) is 4.99 Å². The van der Waals surface area contributed by atoms with Crippen LogP contribution in [0.25, 0.3) is 0 Å². The van der Waals surface area contributed by atoms with Gasteiger partial charge in [-0.05, 0) is 69.5 Å². The van der Waals surface area contributed by atoms with Crippen LogP contribution in [0.15, 0.2) is 73.4 Å². The number of hydrogen-bond acceptors (Lipinski definition) is 13. The Balaban J connectivity index is 1.26. The van der Waals surface area contributed by atoms with Gasteiger partial charge in [0.05, 0.1) is 22.8 Å². The van der Waals surface area contributed by atoms with E-state index >= 15 is 0 Å². The molecule has 0 aromatic carbocycles. The lowest BCUT2D eigenvalue weighted by Gasteiger charge is -2.37. The number of thiazole rings is 1. The zero-order valence-corrected chi connectivity index (χ0v) is 27.7. The number of aromatic nitrogens is 3. The second-order valence-electron chi connectivity index (χ2n) is 13.2. The highest BCUT2D eigenvalue weighted by molar-refractivity contribution is 7.10. The van der Waals surface area contributed by atoms with Crippen LogP contribution < -0.4 is 11.3 Å². The molecule has 4 aromatic heterocycles. The first kappa shape index (κ1) is 31.0. The summed E-state index contributed by atoms with van der Waals surface area (Å²) in [6.07, 6.45) is 3.25. The number of quaternary nitrogens is 1. The third kappa shape index (κ3) is 5.06. The van der Waals surface area contributed by atoms with Crippen LogP contribution in [0, 0.1) is 13.8 Å². The quantitative estimate of drug-likeness (QED) is 0.205. The van der Waals surface area contributed by atoms with E-state index in [4.69, 9.17) is 44.9 Å². The molecule has 8 rings (SSSR count). The fourth-order valence-corrected chi connectivity index (χ4v) is 7.93. The maximum absolute atomic E-state index is 11.5. The van der Waals surface area contributed by atoms with Crippen LogP contribution in [0.2, 0.25) is 0 Å². The van der Waals surface area contributed by atoms with Gasteiger partial charge in [0.2, 0.25) is 11.5 Å². The van der Waals surface area contributed by atoms with E-state index in [0.717, 1.165) is 17.8 Å². The SMILES string of the molecule is Cc1csc(C2(c3ccc(C)o3)N=C(N)N=C3C2=NN[N+]3(Cc2cccc(C3(O)CCC3)n2)Cc2cccc(C3(O)CCOCC3)n2)n1. The second kappa shape index (κ2) is 11.4. The molecular weight excluding hydrogens is 631 g/mol. The lowest BCUT2D eigenvalue weighted by molar-refractivity contribution is -0.909. The summed E-state index contributed by atoms with van der Waals surface area (Å²) in [5.41, 5.74) is 10.7. The number of guanidine groups is 1. The zero-order chi connectivity index (χ0) is 33.1. The minimum absolute atomic E-state index is 0.0375. The van der Waals surface area contributed by atoms with Crippen LogP contribution in [-0.4, -0.2) is 60.5 Å². The predicted octanol–water partition coefficient (Wildman–Crippen LogP) is 3.57. The van der Waals surface area contributed by atoms with Crippen molar-refractivity contribution >= 4 is 28.8 Å². The Morgan fingerprint density at radius 3 is 2.12 bits per heavy atom. The summed E-state index contributed by atoms with van der Waals surface area (Å²) in [6, 6.07) is 15.2. The van der Waals surface area contributed by atoms with E-state index in [1.165, 1.54) is 11.3 Å². The van der Waals surface area contributed by atoms with E-state index in [-0.39, 0.29) is 23.6 Å². The second-order valence-corrected chi connectivity index (χ2v) is 14.1. The van der Waals surface area contributed by atoms with Crippen molar-refractivity contribution in [2.75, 3.05) is 13.2 Å². The first-order chi connectivity index (χ1) is 23.1. The molecule has 5 N–H and O–H groups in total. The number of amidine groups is 1. The molecule has 0 radical (unpaired) electrons. The fourth-order valence-electron chi connectivity index (χ4n) is 6.99. The average molecular weight is 669 g/mol. The number of pyridine rings is 2. The third-order valence-corrected chi connectivity index (χ3v) is 10.8. The molecule has 2 atom stereocenters. The molecule has 3 aliphatic heterocycles. The monoisotopic (exact) mass is 668 g/mol. The molecule has 2 unspecified atom stereocenters. The Hall–Kier alpha value is -4.34. The van der Waals surface area contributed by atoms with E-state index in [1.54, 1.807) is 0 Å². The van der Waals surface area contributed by atoms with Gasteiger partial charge in [0, 0.05) is 37.1 Å². The number of nitrogens with one attached hydrogen (secondary N) is 1. The molecule has 7 heterocycles. The van der Waals surface area contributed by atoms with E-state index in [2.05, 4.69) is 5.53 Å². The van der Waals surface area contributed by atoms with Crippen LogP contribution in [0.5, 0.6) is 0 Å². The van der Waals surface area contributed by atoms with Crippen LogP contribution >= 0.6 is 11.3 Å². The molecule has 1 aliphatic carbocycles. The highest BCUT2D eigenvalue weighted by Crippen LogP contribution is 2.44. The van der Waals surface area contributed by atoms with Crippen molar-refractivity contribution in [3.8, 4) is 0 Å². The van der Waals surface area contributed by atoms with Crippen LogP contribution in [0.1, 0.15) is 77.1 Å². The fraction of sp³-hybridized carbons (Fsp3) is 0.412. The van der Waals surface area contributed by atoms with Gasteiger partial charge in [0.25, 0.3) is 5.84 Å². The molecule has 48 heavy (non-hydrogen) atoms. The van der Waals surface area contributed by atoms with Crippen LogP contribution in [0.4, 0.5) is 0 Å². The summed E-state index contributed by atoms with van der Waals surface area (Å²) in [5.74, 6) is 1.82. The maximum atomic E-state index is 11.5. The standard InChI is InChI=1S/C34H38N9O4S/c1-21-20-48-30(36-21)34(27-11-10-22(2)47-27)28-29(39-31(35)40-34)43(42-41-28,18-23-6-3-8-25(37-23)32(44)12-5-13-32)19-24-7-4-9-26(38-24)33(45)14-16-46-17-15-33/h3-4,6-11,20,42,44-45H,5,12-19H2,1-2H3,(H2,35,40)/q+1. The van der Waals surface area contributed by atoms with E-state index in [9.17, 15) is 10.2 Å². The van der Waals surface area contributed by atoms with Gasteiger partial charge in [-0.25, -0.2) is 19.9 Å². The van der Waals surface area contributed by atoms with Crippen molar-refractivity contribution < 1.29 is 24.0 Å². The molecule has 1 saturated heterocycles.